The number of aromatic nitrogens is 4. The zero-order valence-corrected chi connectivity index (χ0v) is 14.3. The van der Waals surface area contributed by atoms with Crippen LogP contribution in [0.3, 0.4) is 0 Å². The predicted molar refractivity (Wildman–Crippen MR) is 96.7 cm³/mol. The van der Waals surface area contributed by atoms with Crippen LogP contribution in [-0.4, -0.2) is 76.0 Å². The van der Waals surface area contributed by atoms with Gasteiger partial charge in [0.15, 0.2) is 5.96 Å². The van der Waals surface area contributed by atoms with E-state index in [-0.39, 0.29) is 11.6 Å². The molecule has 0 radical (unpaired) electrons. The van der Waals surface area contributed by atoms with E-state index in [4.69, 9.17) is 5.73 Å². The molecule has 1 aliphatic rings. The molecule has 0 aliphatic carbocycles. The number of piperazine rings is 1. The van der Waals surface area contributed by atoms with E-state index in [0.717, 1.165) is 32.1 Å². The van der Waals surface area contributed by atoms with Crippen LogP contribution in [0.25, 0.3) is 0 Å². The monoisotopic (exact) mass is 355 g/mol. The largest absolute Gasteiger partial charge is 0.370 e. The number of anilines is 1. The average Bonchev–Trinajstić information content (AvgIpc) is 2.72. The second kappa shape index (κ2) is 8.70. The number of nitrogens with zero attached hydrogens (tertiary/aromatic N) is 7. The second-order valence-corrected chi connectivity index (χ2v) is 5.61. The molecule has 26 heavy (non-hydrogen) atoms. The summed E-state index contributed by atoms with van der Waals surface area (Å²) in [7, 11) is 0. The standard InChI is InChI=1S/C16H21N9O/c17-15(21-7-6-20-14(26)13-12-18-4-5-19-13)24-8-10-25(11-9-24)16-22-2-1-3-23-16/h1-5,12H,6-11H2,(H2,17,21)(H,20,26). The summed E-state index contributed by atoms with van der Waals surface area (Å²) in [6.45, 7) is 3.85. The summed E-state index contributed by atoms with van der Waals surface area (Å²) in [5.41, 5.74) is 6.33. The summed E-state index contributed by atoms with van der Waals surface area (Å²) in [4.78, 5) is 36.6. The Kier molecular flexibility index (Phi) is 5.86. The topological polar surface area (TPSA) is 126 Å². The molecule has 0 unspecified atom stereocenters. The molecule has 136 valence electrons. The van der Waals surface area contributed by atoms with Crippen molar-refractivity contribution in [2.45, 2.75) is 0 Å². The number of carbonyl (C=O) groups is 1. The number of aliphatic imine (C=N–C) groups is 1. The highest BCUT2D eigenvalue weighted by molar-refractivity contribution is 5.91. The first-order valence-corrected chi connectivity index (χ1v) is 8.35. The molecule has 1 fully saturated rings. The maximum Gasteiger partial charge on any atom is 0.271 e. The first-order chi connectivity index (χ1) is 12.7. The SMILES string of the molecule is NC(=NCCNC(=O)c1cnccn1)N1CCN(c2ncccn2)CC1. The summed E-state index contributed by atoms with van der Waals surface area (Å²) in [6.07, 6.45) is 7.89. The van der Waals surface area contributed by atoms with E-state index >= 15 is 0 Å². The molecular weight excluding hydrogens is 334 g/mol. The molecule has 0 aromatic carbocycles. The van der Waals surface area contributed by atoms with Crippen molar-refractivity contribution in [3.8, 4) is 0 Å². The highest BCUT2D eigenvalue weighted by Crippen LogP contribution is 2.09. The van der Waals surface area contributed by atoms with Gasteiger partial charge in [-0.25, -0.2) is 15.0 Å². The Balaban J connectivity index is 1.41. The maximum absolute atomic E-state index is 11.8. The molecule has 2 aromatic rings. The number of nitrogens with one attached hydrogen (secondary N) is 1. The molecule has 10 nitrogen and oxygen atoms in total. The van der Waals surface area contributed by atoms with Crippen LogP contribution in [0.2, 0.25) is 0 Å². The van der Waals surface area contributed by atoms with Crippen LogP contribution in [0.4, 0.5) is 5.95 Å². The van der Waals surface area contributed by atoms with Crippen molar-refractivity contribution in [1.82, 2.24) is 30.2 Å². The highest BCUT2D eigenvalue weighted by Gasteiger charge is 2.19. The van der Waals surface area contributed by atoms with E-state index in [2.05, 4.69) is 35.1 Å². The number of guanidine groups is 1. The Morgan fingerprint density at radius 1 is 1.12 bits per heavy atom. The van der Waals surface area contributed by atoms with Gasteiger partial charge in [0, 0.05) is 57.5 Å². The van der Waals surface area contributed by atoms with E-state index in [9.17, 15) is 4.79 Å². The van der Waals surface area contributed by atoms with E-state index in [1.165, 1.54) is 18.6 Å². The fraction of sp³-hybridized carbons (Fsp3) is 0.375. The Morgan fingerprint density at radius 2 is 1.88 bits per heavy atom. The van der Waals surface area contributed by atoms with Crippen molar-refractivity contribution in [1.29, 1.82) is 0 Å². The van der Waals surface area contributed by atoms with E-state index in [1.54, 1.807) is 18.5 Å². The highest BCUT2D eigenvalue weighted by atomic mass is 16.1. The smallest absolute Gasteiger partial charge is 0.271 e. The summed E-state index contributed by atoms with van der Waals surface area (Å²) in [5.74, 6) is 0.935. The number of nitrogens with two attached hydrogens (primary N) is 1. The molecule has 0 bridgehead atoms. The van der Waals surface area contributed by atoms with Gasteiger partial charge in [-0.2, -0.15) is 0 Å². The predicted octanol–water partition coefficient (Wildman–Crippen LogP) is -0.867. The first-order valence-electron chi connectivity index (χ1n) is 8.35. The second-order valence-electron chi connectivity index (χ2n) is 5.61. The van der Waals surface area contributed by atoms with Crippen molar-refractivity contribution in [2.75, 3.05) is 44.2 Å². The van der Waals surface area contributed by atoms with Gasteiger partial charge in [-0.3, -0.25) is 14.8 Å². The van der Waals surface area contributed by atoms with Gasteiger partial charge in [-0.05, 0) is 6.07 Å². The summed E-state index contributed by atoms with van der Waals surface area (Å²) in [5, 5.41) is 2.74. The van der Waals surface area contributed by atoms with Gasteiger partial charge >= 0.3 is 0 Å². The third-order valence-electron chi connectivity index (χ3n) is 3.91. The van der Waals surface area contributed by atoms with Crippen molar-refractivity contribution in [3.63, 3.8) is 0 Å². The van der Waals surface area contributed by atoms with Gasteiger partial charge < -0.3 is 20.9 Å². The van der Waals surface area contributed by atoms with Gasteiger partial charge in [-0.1, -0.05) is 0 Å². The van der Waals surface area contributed by atoms with E-state index in [1.807, 2.05) is 4.90 Å². The molecule has 3 heterocycles. The number of hydrogen-bond acceptors (Lipinski definition) is 7. The molecule has 1 aliphatic heterocycles. The number of carbonyl (C=O) groups excluding carboxylic acids is 1. The van der Waals surface area contributed by atoms with Gasteiger partial charge in [0.05, 0.1) is 12.7 Å². The van der Waals surface area contributed by atoms with E-state index in [0.29, 0.717) is 19.0 Å². The molecule has 3 N–H and O–H groups in total. The van der Waals surface area contributed by atoms with Crippen molar-refractivity contribution in [3.05, 3.63) is 42.7 Å². The molecule has 1 saturated heterocycles. The summed E-state index contributed by atoms with van der Waals surface area (Å²) >= 11 is 0. The molecule has 10 heteroatoms. The molecule has 0 spiro atoms. The first kappa shape index (κ1) is 17.5. The van der Waals surface area contributed by atoms with Crippen LogP contribution in [0.15, 0.2) is 42.0 Å². The van der Waals surface area contributed by atoms with Crippen LogP contribution in [-0.2, 0) is 0 Å². The Morgan fingerprint density at radius 3 is 2.58 bits per heavy atom. The number of hydrogen-bond donors (Lipinski definition) is 2. The lowest BCUT2D eigenvalue weighted by atomic mass is 10.3. The van der Waals surface area contributed by atoms with Crippen molar-refractivity contribution >= 4 is 17.8 Å². The summed E-state index contributed by atoms with van der Waals surface area (Å²) < 4.78 is 0. The van der Waals surface area contributed by atoms with Crippen molar-refractivity contribution in [2.24, 2.45) is 10.7 Å². The zero-order valence-electron chi connectivity index (χ0n) is 14.3. The number of amides is 1. The van der Waals surface area contributed by atoms with Crippen LogP contribution in [0, 0.1) is 0 Å². The van der Waals surface area contributed by atoms with Crippen LogP contribution < -0.4 is 16.0 Å². The fourth-order valence-corrected chi connectivity index (χ4v) is 2.54. The Hall–Kier alpha value is -3.30. The zero-order chi connectivity index (χ0) is 18.2. The van der Waals surface area contributed by atoms with Gasteiger partial charge in [0.25, 0.3) is 5.91 Å². The maximum atomic E-state index is 11.8. The van der Waals surface area contributed by atoms with E-state index < -0.39 is 0 Å². The van der Waals surface area contributed by atoms with Crippen molar-refractivity contribution < 1.29 is 4.79 Å². The molecule has 0 atom stereocenters. The third kappa shape index (κ3) is 4.62. The quantitative estimate of drug-likeness (QED) is 0.403. The molecule has 2 aromatic heterocycles. The lowest BCUT2D eigenvalue weighted by Gasteiger charge is -2.35. The molecular formula is C16H21N9O. The van der Waals surface area contributed by atoms with Gasteiger partial charge in [0.1, 0.15) is 5.69 Å². The summed E-state index contributed by atoms with van der Waals surface area (Å²) in [6, 6.07) is 1.80. The minimum atomic E-state index is -0.275. The number of rotatable bonds is 5. The minimum absolute atomic E-state index is 0.275. The third-order valence-corrected chi connectivity index (χ3v) is 3.91. The van der Waals surface area contributed by atoms with Crippen LogP contribution in [0.5, 0.6) is 0 Å². The average molecular weight is 355 g/mol. The van der Waals surface area contributed by atoms with Crippen LogP contribution >= 0.6 is 0 Å². The Bertz CT molecular complexity index is 730. The molecule has 3 rings (SSSR count). The Labute approximate surface area is 151 Å². The molecule has 1 amide bonds. The minimum Gasteiger partial charge on any atom is -0.370 e. The van der Waals surface area contributed by atoms with Gasteiger partial charge in [0.2, 0.25) is 5.95 Å². The van der Waals surface area contributed by atoms with Crippen LogP contribution in [0.1, 0.15) is 10.5 Å². The fourth-order valence-electron chi connectivity index (χ4n) is 2.54. The lowest BCUT2D eigenvalue weighted by Crippen LogP contribution is -2.51. The van der Waals surface area contributed by atoms with Gasteiger partial charge in [-0.15, -0.1) is 0 Å². The normalized spacial score (nSPS) is 15.0. The lowest BCUT2D eigenvalue weighted by molar-refractivity contribution is 0.0949. The molecule has 0 saturated carbocycles.